The third-order valence-electron chi connectivity index (χ3n) is 2.51. The summed E-state index contributed by atoms with van der Waals surface area (Å²) in [5.74, 6) is 0. The van der Waals surface area contributed by atoms with Gasteiger partial charge >= 0.3 is 0 Å². The van der Waals surface area contributed by atoms with Gasteiger partial charge in [-0.1, -0.05) is 12.2 Å². The maximum atomic E-state index is 5.45. The highest BCUT2D eigenvalue weighted by Crippen LogP contribution is 2.14. The summed E-state index contributed by atoms with van der Waals surface area (Å²) in [5, 5.41) is 4.36. The van der Waals surface area contributed by atoms with Gasteiger partial charge in [0.25, 0.3) is 0 Å². The van der Waals surface area contributed by atoms with Crippen LogP contribution in [0.3, 0.4) is 0 Å². The van der Waals surface area contributed by atoms with Gasteiger partial charge in [-0.05, 0) is 38.7 Å². The van der Waals surface area contributed by atoms with E-state index in [-0.39, 0.29) is 0 Å². The van der Waals surface area contributed by atoms with Crippen molar-refractivity contribution in [2.75, 3.05) is 0 Å². The van der Waals surface area contributed by atoms with E-state index in [4.69, 9.17) is 18.0 Å². The van der Waals surface area contributed by atoms with Crippen LogP contribution in [0, 0.1) is 13.8 Å². The number of thiocarbonyl (C=S) groups is 1. The topological polar surface area (TPSA) is 43.8 Å². The lowest BCUT2D eigenvalue weighted by Gasteiger charge is -2.01. The summed E-state index contributed by atoms with van der Waals surface area (Å²) in [4.78, 5) is 0.601. The van der Waals surface area contributed by atoms with Crippen molar-refractivity contribution in [3.63, 3.8) is 0 Å². The average Bonchev–Trinajstić information content (AvgIpc) is 2.31. The summed E-state index contributed by atoms with van der Waals surface area (Å²) in [5.41, 5.74) is 9.14. The highest BCUT2D eigenvalue weighted by atomic mass is 32.1. The van der Waals surface area contributed by atoms with Crippen LogP contribution >= 0.6 is 12.2 Å². The number of aromatic nitrogens is 2. The Morgan fingerprint density at radius 1 is 1.50 bits per heavy atom. The molecule has 0 aromatic carbocycles. The van der Waals surface area contributed by atoms with Gasteiger partial charge in [0.15, 0.2) is 0 Å². The SMILES string of the molecule is Cc1nn(C)c(C)c1CCCC(N)=S. The van der Waals surface area contributed by atoms with Gasteiger partial charge in [-0.2, -0.15) is 5.10 Å². The Balaban J connectivity index is 2.62. The quantitative estimate of drug-likeness (QED) is 0.770. The number of aryl methyl sites for hydroxylation is 2. The summed E-state index contributed by atoms with van der Waals surface area (Å²) in [7, 11) is 1.97. The molecule has 0 aliphatic rings. The summed E-state index contributed by atoms with van der Waals surface area (Å²) in [6.07, 6.45) is 2.86. The highest BCUT2D eigenvalue weighted by Gasteiger charge is 2.08. The van der Waals surface area contributed by atoms with E-state index >= 15 is 0 Å². The fraction of sp³-hybridized carbons (Fsp3) is 0.600. The van der Waals surface area contributed by atoms with Crippen LogP contribution in [-0.2, 0) is 13.5 Å². The van der Waals surface area contributed by atoms with Crippen LogP contribution in [0.25, 0.3) is 0 Å². The Bertz CT molecular complexity index is 341. The third-order valence-corrected chi connectivity index (χ3v) is 2.71. The number of hydrogen-bond acceptors (Lipinski definition) is 2. The smallest absolute Gasteiger partial charge is 0.0727 e. The molecule has 0 spiro atoms. The van der Waals surface area contributed by atoms with Gasteiger partial charge in [0, 0.05) is 12.7 Å². The van der Waals surface area contributed by atoms with Crippen LogP contribution in [0.5, 0.6) is 0 Å². The Morgan fingerprint density at radius 2 is 2.14 bits per heavy atom. The number of nitrogens with two attached hydrogens (primary N) is 1. The minimum absolute atomic E-state index is 0.601. The molecule has 1 heterocycles. The molecule has 0 fully saturated rings. The second kappa shape index (κ2) is 4.55. The zero-order valence-corrected chi connectivity index (χ0v) is 9.82. The fourth-order valence-electron chi connectivity index (χ4n) is 1.62. The first-order valence-corrected chi connectivity index (χ1v) is 5.20. The molecule has 0 bridgehead atoms. The lowest BCUT2D eigenvalue weighted by atomic mass is 10.1. The first kappa shape index (κ1) is 11.2. The maximum Gasteiger partial charge on any atom is 0.0727 e. The van der Waals surface area contributed by atoms with Crippen molar-refractivity contribution < 1.29 is 0 Å². The van der Waals surface area contributed by atoms with Crippen molar-refractivity contribution in [2.45, 2.75) is 33.1 Å². The van der Waals surface area contributed by atoms with E-state index in [1.807, 2.05) is 18.7 Å². The van der Waals surface area contributed by atoms with Crippen LogP contribution in [-0.4, -0.2) is 14.8 Å². The second-order valence-corrected chi connectivity index (χ2v) is 4.12. The van der Waals surface area contributed by atoms with Gasteiger partial charge in [0.1, 0.15) is 0 Å². The molecule has 0 saturated heterocycles. The molecule has 0 aliphatic carbocycles. The fourth-order valence-corrected chi connectivity index (χ4v) is 1.76. The van der Waals surface area contributed by atoms with E-state index in [2.05, 4.69) is 12.0 Å². The van der Waals surface area contributed by atoms with Crippen LogP contribution in [0.4, 0.5) is 0 Å². The molecular weight excluding hydrogens is 194 g/mol. The second-order valence-electron chi connectivity index (χ2n) is 3.59. The van der Waals surface area contributed by atoms with Gasteiger partial charge in [0.05, 0.1) is 10.7 Å². The lowest BCUT2D eigenvalue weighted by molar-refractivity contribution is 0.729. The summed E-state index contributed by atoms with van der Waals surface area (Å²) in [6.45, 7) is 4.14. The predicted octanol–water partition coefficient (Wildman–Crippen LogP) is 1.65. The number of nitrogens with zero attached hydrogens (tertiary/aromatic N) is 2. The Kier molecular flexibility index (Phi) is 3.63. The summed E-state index contributed by atoms with van der Waals surface area (Å²) < 4.78 is 1.92. The molecule has 2 N–H and O–H groups in total. The van der Waals surface area contributed by atoms with Crippen molar-refractivity contribution in [1.82, 2.24) is 9.78 Å². The van der Waals surface area contributed by atoms with Crippen LogP contribution in [0.2, 0.25) is 0 Å². The van der Waals surface area contributed by atoms with Gasteiger partial charge in [-0.3, -0.25) is 4.68 Å². The van der Waals surface area contributed by atoms with Crippen LogP contribution < -0.4 is 5.73 Å². The molecule has 78 valence electrons. The van der Waals surface area contributed by atoms with Crippen molar-refractivity contribution in [3.8, 4) is 0 Å². The molecule has 1 rings (SSSR count). The van der Waals surface area contributed by atoms with Gasteiger partial charge in [-0.25, -0.2) is 0 Å². The van der Waals surface area contributed by atoms with Crippen molar-refractivity contribution in [3.05, 3.63) is 17.0 Å². The molecule has 4 heteroatoms. The van der Waals surface area contributed by atoms with E-state index in [0.29, 0.717) is 4.99 Å². The van der Waals surface area contributed by atoms with E-state index in [1.165, 1.54) is 11.3 Å². The molecular formula is C10H17N3S. The monoisotopic (exact) mass is 211 g/mol. The Labute approximate surface area is 90.3 Å². The molecule has 0 unspecified atom stereocenters. The minimum Gasteiger partial charge on any atom is -0.393 e. The molecule has 0 amide bonds. The van der Waals surface area contributed by atoms with Crippen LogP contribution in [0.15, 0.2) is 0 Å². The molecule has 0 aliphatic heterocycles. The molecule has 1 aromatic rings. The highest BCUT2D eigenvalue weighted by molar-refractivity contribution is 7.80. The summed E-state index contributed by atoms with van der Waals surface area (Å²) >= 11 is 4.84. The summed E-state index contributed by atoms with van der Waals surface area (Å²) in [6, 6.07) is 0. The maximum absolute atomic E-state index is 5.45. The van der Waals surface area contributed by atoms with Crippen molar-refractivity contribution in [1.29, 1.82) is 0 Å². The van der Waals surface area contributed by atoms with Crippen LogP contribution in [0.1, 0.15) is 29.8 Å². The van der Waals surface area contributed by atoms with E-state index < -0.39 is 0 Å². The Hall–Kier alpha value is -0.900. The first-order chi connectivity index (χ1) is 6.52. The predicted molar refractivity (Wildman–Crippen MR) is 62.4 cm³/mol. The number of hydrogen-bond donors (Lipinski definition) is 1. The van der Waals surface area contributed by atoms with E-state index in [9.17, 15) is 0 Å². The average molecular weight is 211 g/mol. The molecule has 3 nitrogen and oxygen atoms in total. The van der Waals surface area contributed by atoms with E-state index in [0.717, 1.165) is 25.0 Å². The minimum atomic E-state index is 0.601. The third kappa shape index (κ3) is 2.54. The van der Waals surface area contributed by atoms with Gasteiger partial charge < -0.3 is 5.73 Å². The molecule has 14 heavy (non-hydrogen) atoms. The zero-order chi connectivity index (χ0) is 10.7. The molecule has 0 radical (unpaired) electrons. The standard InChI is InChI=1S/C10H17N3S/c1-7-9(5-4-6-10(11)14)8(2)13(3)12-7/h4-6H2,1-3H3,(H2,11,14). The van der Waals surface area contributed by atoms with Gasteiger partial charge in [0.2, 0.25) is 0 Å². The van der Waals surface area contributed by atoms with Crippen molar-refractivity contribution >= 4 is 17.2 Å². The largest absolute Gasteiger partial charge is 0.393 e. The Morgan fingerprint density at radius 3 is 2.57 bits per heavy atom. The normalized spacial score (nSPS) is 10.5. The lowest BCUT2D eigenvalue weighted by Crippen LogP contribution is -2.07. The van der Waals surface area contributed by atoms with Gasteiger partial charge in [-0.15, -0.1) is 0 Å². The molecule has 0 atom stereocenters. The molecule has 0 saturated carbocycles. The van der Waals surface area contributed by atoms with Crippen molar-refractivity contribution in [2.24, 2.45) is 12.8 Å². The molecule has 1 aromatic heterocycles. The van der Waals surface area contributed by atoms with E-state index in [1.54, 1.807) is 0 Å². The number of rotatable bonds is 4. The zero-order valence-electron chi connectivity index (χ0n) is 9.00. The first-order valence-electron chi connectivity index (χ1n) is 4.79.